The lowest BCUT2D eigenvalue weighted by Crippen LogP contribution is -2.46. The Morgan fingerprint density at radius 3 is 2.79 bits per heavy atom. The van der Waals surface area contributed by atoms with Crippen molar-refractivity contribution in [2.75, 3.05) is 19.8 Å². The number of halogens is 1. The van der Waals surface area contributed by atoms with Gasteiger partial charge in [-0.25, -0.2) is 4.39 Å². The fraction of sp³-hybridized carbons (Fsp3) is 0.222. The molecular weight excluding hydrogens is 385 g/mol. The van der Waals surface area contributed by atoms with E-state index in [4.69, 9.17) is 10.5 Å². The first-order chi connectivity index (χ1) is 13.9. The number of benzene rings is 1. The molecule has 152 valence electrons. The van der Waals surface area contributed by atoms with E-state index in [0.717, 1.165) is 0 Å². The van der Waals surface area contributed by atoms with Gasteiger partial charge in [-0.1, -0.05) is 0 Å². The number of nitrogens with zero attached hydrogens (tertiary/aromatic N) is 1. The molecule has 6 N–H and O–H groups in total. The molecule has 29 heavy (non-hydrogen) atoms. The van der Waals surface area contributed by atoms with Crippen LogP contribution in [0, 0.1) is 5.82 Å². The Balaban J connectivity index is 1.58. The van der Waals surface area contributed by atoms with Gasteiger partial charge in [0.25, 0.3) is 17.7 Å². The molecule has 1 atom stereocenters. The van der Waals surface area contributed by atoms with Gasteiger partial charge in [0.2, 0.25) is 0 Å². The van der Waals surface area contributed by atoms with Gasteiger partial charge in [0.15, 0.2) is 5.69 Å². The van der Waals surface area contributed by atoms with Gasteiger partial charge in [-0.15, -0.1) is 0 Å². The third-order valence-electron chi connectivity index (χ3n) is 4.12. The molecule has 0 saturated carbocycles. The maximum Gasteiger partial charge on any atom is 0.269 e. The topological polar surface area (TPSA) is 159 Å². The van der Waals surface area contributed by atoms with Crippen molar-refractivity contribution >= 4 is 23.8 Å². The van der Waals surface area contributed by atoms with Crippen molar-refractivity contribution in [2.45, 2.75) is 6.04 Å². The van der Waals surface area contributed by atoms with Gasteiger partial charge in [-0.05, 0) is 24.3 Å². The van der Waals surface area contributed by atoms with Crippen LogP contribution in [0.1, 0.15) is 26.5 Å². The summed E-state index contributed by atoms with van der Waals surface area (Å²) in [6.07, 6.45) is 1.50. The molecule has 2 aromatic rings. The van der Waals surface area contributed by atoms with Gasteiger partial charge in [-0.3, -0.25) is 19.5 Å². The molecule has 1 aliphatic heterocycles. The molecule has 0 aliphatic carbocycles. The number of rotatable bonds is 7. The Bertz CT molecular complexity index is 987. The number of carbonyl (C=O) groups is 3. The number of aromatic nitrogens is 2. The normalized spacial score (nSPS) is 13.5. The smallest absolute Gasteiger partial charge is 0.269 e. The Morgan fingerprint density at radius 2 is 2.10 bits per heavy atom. The number of aromatic amines is 1. The van der Waals surface area contributed by atoms with Crippen molar-refractivity contribution in [2.24, 2.45) is 5.73 Å². The van der Waals surface area contributed by atoms with Crippen LogP contribution in [-0.4, -0.2) is 58.8 Å². The highest BCUT2D eigenvalue weighted by molar-refractivity contribution is 5.99. The van der Waals surface area contributed by atoms with Gasteiger partial charge in [0.1, 0.15) is 23.9 Å². The fourth-order valence-corrected chi connectivity index (χ4v) is 2.59. The quantitative estimate of drug-likeness (QED) is 0.412. The molecule has 3 amide bonds. The zero-order valence-corrected chi connectivity index (χ0v) is 15.1. The summed E-state index contributed by atoms with van der Waals surface area (Å²) in [7, 11) is 0. The fourth-order valence-electron chi connectivity index (χ4n) is 2.59. The average molecular weight is 403 g/mol. The number of carbonyl (C=O) groups excluding carboxylic acids is 3. The molecular formula is C18H18FN5O5. The molecule has 2 heterocycles. The largest absolute Gasteiger partial charge is 0.488 e. The first-order valence-electron chi connectivity index (χ1n) is 8.55. The zero-order valence-electron chi connectivity index (χ0n) is 15.1. The predicted molar refractivity (Wildman–Crippen MR) is 98.3 cm³/mol. The summed E-state index contributed by atoms with van der Waals surface area (Å²) in [6.45, 7) is -0.550. The van der Waals surface area contributed by atoms with E-state index >= 15 is 0 Å². The number of hydrogen-bond acceptors (Lipinski definition) is 6. The van der Waals surface area contributed by atoms with Crippen LogP contribution < -0.4 is 21.1 Å². The highest BCUT2D eigenvalue weighted by Crippen LogP contribution is 2.26. The first-order valence-corrected chi connectivity index (χ1v) is 8.55. The second-order valence-corrected chi connectivity index (χ2v) is 6.23. The highest BCUT2D eigenvalue weighted by Gasteiger charge is 2.21. The molecule has 0 spiro atoms. The number of fused-ring (bicyclic) bond motifs is 1. The van der Waals surface area contributed by atoms with Crippen molar-refractivity contribution in [3.05, 3.63) is 52.6 Å². The molecule has 3 rings (SSSR count). The van der Waals surface area contributed by atoms with Crippen LogP contribution in [0.25, 0.3) is 6.08 Å². The second-order valence-electron chi connectivity index (χ2n) is 6.23. The van der Waals surface area contributed by atoms with Crippen molar-refractivity contribution < 1.29 is 28.6 Å². The van der Waals surface area contributed by atoms with Gasteiger partial charge in [0.05, 0.1) is 18.2 Å². The van der Waals surface area contributed by atoms with Crippen LogP contribution in [0.15, 0.2) is 29.8 Å². The van der Waals surface area contributed by atoms with Crippen LogP contribution in [0.3, 0.4) is 0 Å². The van der Waals surface area contributed by atoms with Crippen LogP contribution in [0.4, 0.5) is 4.39 Å². The van der Waals surface area contributed by atoms with E-state index in [1.807, 2.05) is 0 Å². The lowest BCUT2D eigenvalue weighted by atomic mass is 10.1. The molecule has 10 nitrogen and oxygen atoms in total. The summed E-state index contributed by atoms with van der Waals surface area (Å²) in [5.74, 6) is -1.90. The van der Waals surface area contributed by atoms with E-state index in [2.05, 4.69) is 20.8 Å². The second kappa shape index (κ2) is 8.52. The third kappa shape index (κ3) is 4.76. The zero-order chi connectivity index (χ0) is 21.0. The number of nitrogens with one attached hydrogen (secondary N) is 3. The van der Waals surface area contributed by atoms with E-state index < -0.39 is 36.2 Å². The summed E-state index contributed by atoms with van der Waals surface area (Å²) in [5.41, 5.74) is 5.65. The molecule has 1 unspecified atom stereocenters. The van der Waals surface area contributed by atoms with Crippen LogP contribution in [0.2, 0.25) is 0 Å². The van der Waals surface area contributed by atoms with E-state index in [1.54, 1.807) is 0 Å². The highest BCUT2D eigenvalue weighted by atomic mass is 19.1. The number of hydrogen-bond donors (Lipinski definition) is 5. The maximum absolute atomic E-state index is 13.4. The number of aliphatic hydroxyl groups excluding tert-OH is 1. The van der Waals surface area contributed by atoms with E-state index in [9.17, 15) is 23.9 Å². The van der Waals surface area contributed by atoms with Crippen LogP contribution in [0.5, 0.6) is 5.75 Å². The molecule has 0 saturated heterocycles. The monoisotopic (exact) mass is 403 g/mol. The maximum atomic E-state index is 13.4. The molecule has 0 fully saturated rings. The van der Waals surface area contributed by atoms with E-state index in [1.165, 1.54) is 30.3 Å². The van der Waals surface area contributed by atoms with E-state index in [-0.39, 0.29) is 30.1 Å². The summed E-state index contributed by atoms with van der Waals surface area (Å²) >= 11 is 0. The standard InChI is InChI=1S/C18H18FN5O5/c19-11-1-2-15-9(4-11)3-10(8-29-15)17(27)22-12(7-25)6-21-18(28)14-5-13(16(20)26)23-24-14/h1-5,12,25H,6-8H2,(H2,20,26)(H,21,28)(H,22,27)(H,23,24). The molecule has 0 bridgehead atoms. The minimum atomic E-state index is -0.792. The summed E-state index contributed by atoms with van der Waals surface area (Å²) < 4.78 is 18.8. The minimum Gasteiger partial charge on any atom is -0.488 e. The third-order valence-corrected chi connectivity index (χ3v) is 4.12. The molecule has 0 radical (unpaired) electrons. The first kappa shape index (κ1) is 20.0. The Hall–Kier alpha value is -3.73. The molecule has 1 aromatic carbocycles. The Labute approximate surface area is 163 Å². The number of aliphatic hydroxyl groups is 1. The average Bonchev–Trinajstić information content (AvgIpc) is 3.20. The number of ether oxygens (including phenoxy) is 1. The summed E-state index contributed by atoms with van der Waals surface area (Å²) in [6, 6.07) is 4.37. The number of amides is 3. The Morgan fingerprint density at radius 1 is 1.31 bits per heavy atom. The molecule has 1 aliphatic rings. The summed E-state index contributed by atoms with van der Waals surface area (Å²) in [5, 5.41) is 20.5. The Kier molecular flexibility index (Phi) is 5.88. The summed E-state index contributed by atoms with van der Waals surface area (Å²) in [4.78, 5) is 35.5. The van der Waals surface area contributed by atoms with Crippen molar-refractivity contribution in [1.82, 2.24) is 20.8 Å². The predicted octanol–water partition coefficient (Wildman–Crippen LogP) is -0.669. The minimum absolute atomic E-state index is 0.00355. The van der Waals surface area contributed by atoms with Crippen molar-refractivity contribution in [3.8, 4) is 5.75 Å². The van der Waals surface area contributed by atoms with Gasteiger partial charge in [-0.2, -0.15) is 5.10 Å². The van der Waals surface area contributed by atoms with Crippen molar-refractivity contribution in [1.29, 1.82) is 0 Å². The molecule has 1 aromatic heterocycles. The van der Waals surface area contributed by atoms with Gasteiger partial charge in [0, 0.05) is 18.2 Å². The number of primary amides is 1. The van der Waals surface area contributed by atoms with E-state index in [0.29, 0.717) is 11.3 Å². The SMILES string of the molecule is NC(=O)c1cc(C(=O)NCC(CO)NC(=O)C2=Cc3cc(F)ccc3OC2)[nH]n1. The number of nitrogens with two attached hydrogens (primary N) is 1. The number of H-pyrrole nitrogens is 1. The van der Waals surface area contributed by atoms with Crippen molar-refractivity contribution in [3.63, 3.8) is 0 Å². The van der Waals surface area contributed by atoms with Crippen LogP contribution >= 0.6 is 0 Å². The van der Waals surface area contributed by atoms with Crippen LogP contribution in [-0.2, 0) is 4.79 Å². The lowest BCUT2D eigenvalue weighted by Gasteiger charge is -2.21. The van der Waals surface area contributed by atoms with Gasteiger partial charge >= 0.3 is 0 Å². The lowest BCUT2D eigenvalue weighted by molar-refractivity contribution is -0.118. The van der Waals surface area contributed by atoms with Gasteiger partial charge < -0.3 is 26.2 Å². The molecule has 11 heteroatoms.